The highest BCUT2D eigenvalue weighted by Gasteiger charge is 2.28. The highest BCUT2D eigenvalue weighted by molar-refractivity contribution is 5.29. The number of hydrogen-bond donors (Lipinski definition) is 1. The fourth-order valence-corrected chi connectivity index (χ4v) is 2.53. The van der Waals surface area contributed by atoms with Gasteiger partial charge in [-0.2, -0.15) is 5.10 Å². The molecule has 2 atom stereocenters. The van der Waals surface area contributed by atoms with Crippen molar-refractivity contribution in [1.82, 2.24) is 20.0 Å². The van der Waals surface area contributed by atoms with Gasteiger partial charge in [-0.3, -0.25) is 4.68 Å². The summed E-state index contributed by atoms with van der Waals surface area (Å²) in [6, 6.07) is 0.0644. The van der Waals surface area contributed by atoms with E-state index >= 15 is 0 Å². The van der Waals surface area contributed by atoms with Crippen LogP contribution in [0, 0.1) is 0 Å². The minimum Gasteiger partial charge on any atom is -0.493 e. The van der Waals surface area contributed by atoms with Gasteiger partial charge < -0.3 is 19.7 Å². The van der Waals surface area contributed by atoms with E-state index in [1.165, 1.54) is 0 Å². The van der Waals surface area contributed by atoms with Crippen molar-refractivity contribution < 1.29 is 9.47 Å². The molecule has 0 amide bonds. The van der Waals surface area contributed by atoms with Crippen molar-refractivity contribution in [2.75, 3.05) is 41.9 Å². The Balaban J connectivity index is 3.06. The lowest BCUT2D eigenvalue weighted by molar-refractivity contribution is 0.0593. The van der Waals surface area contributed by atoms with Gasteiger partial charge in [0.05, 0.1) is 37.7 Å². The third-order valence-corrected chi connectivity index (χ3v) is 3.68. The lowest BCUT2D eigenvalue weighted by Gasteiger charge is -2.27. The molecule has 0 saturated heterocycles. The van der Waals surface area contributed by atoms with E-state index in [0.717, 1.165) is 37.4 Å². The van der Waals surface area contributed by atoms with Crippen molar-refractivity contribution in [3.8, 4) is 5.75 Å². The molecule has 0 bridgehead atoms. The van der Waals surface area contributed by atoms with Crippen LogP contribution in [0.25, 0.3) is 0 Å². The zero-order chi connectivity index (χ0) is 15.8. The second-order valence-corrected chi connectivity index (χ2v) is 5.45. The monoisotopic (exact) mass is 298 g/mol. The fraction of sp³-hybridized carbons (Fsp3) is 0.800. The molecule has 1 N–H and O–H groups in total. The first-order chi connectivity index (χ1) is 10.1. The molecule has 0 fully saturated rings. The summed E-state index contributed by atoms with van der Waals surface area (Å²) >= 11 is 0. The van der Waals surface area contributed by atoms with E-state index in [1.54, 1.807) is 20.4 Å². The fourth-order valence-electron chi connectivity index (χ4n) is 2.53. The van der Waals surface area contributed by atoms with Gasteiger partial charge in [-0.25, -0.2) is 0 Å². The second kappa shape index (κ2) is 9.02. The third kappa shape index (κ3) is 4.69. The highest BCUT2D eigenvalue weighted by Crippen LogP contribution is 2.29. The molecule has 2 unspecified atom stereocenters. The molecule has 1 heterocycles. The maximum atomic E-state index is 5.68. The molecule has 0 aliphatic carbocycles. The van der Waals surface area contributed by atoms with Crippen molar-refractivity contribution in [1.29, 1.82) is 0 Å². The number of ether oxygens (including phenoxy) is 2. The van der Waals surface area contributed by atoms with Crippen LogP contribution in [0.15, 0.2) is 6.20 Å². The molecule has 1 rings (SSSR count). The third-order valence-electron chi connectivity index (χ3n) is 3.68. The Morgan fingerprint density at radius 2 is 2.10 bits per heavy atom. The number of likely N-dealkylation sites (N-methyl/N-ethyl adjacent to an activating group) is 2. The lowest BCUT2D eigenvalue weighted by Crippen LogP contribution is -2.34. The summed E-state index contributed by atoms with van der Waals surface area (Å²) in [5.41, 5.74) is 1.06. The SMILES string of the molecule is CCCC(OC)C(NC)c1c(OC)cnn1CCN(C)C. The van der Waals surface area contributed by atoms with E-state index < -0.39 is 0 Å². The normalized spacial score (nSPS) is 14.4. The molecule has 0 aromatic carbocycles. The van der Waals surface area contributed by atoms with Crippen LogP contribution in [-0.2, 0) is 11.3 Å². The summed E-state index contributed by atoms with van der Waals surface area (Å²) in [5.74, 6) is 0.811. The van der Waals surface area contributed by atoms with Crippen LogP contribution in [0.5, 0.6) is 5.75 Å². The summed E-state index contributed by atoms with van der Waals surface area (Å²) in [6.45, 7) is 3.92. The zero-order valence-corrected chi connectivity index (χ0v) is 14.2. The molecule has 122 valence electrons. The van der Waals surface area contributed by atoms with Gasteiger partial charge in [-0.1, -0.05) is 13.3 Å². The van der Waals surface area contributed by atoms with E-state index in [2.05, 4.69) is 36.3 Å². The summed E-state index contributed by atoms with van der Waals surface area (Å²) < 4.78 is 13.2. The Hall–Kier alpha value is -1.11. The van der Waals surface area contributed by atoms with E-state index in [1.807, 2.05) is 11.7 Å². The van der Waals surface area contributed by atoms with Crippen LogP contribution in [-0.4, -0.2) is 62.7 Å². The molecule has 0 aliphatic rings. The Kier molecular flexibility index (Phi) is 7.71. The number of methoxy groups -OCH3 is 2. The molecule has 0 aliphatic heterocycles. The number of aromatic nitrogens is 2. The minimum atomic E-state index is 0.0644. The van der Waals surface area contributed by atoms with Crippen molar-refractivity contribution in [3.63, 3.8) is 0 Å². The standard InChI is InChI=1S/C15H30N4O2/c1-7-8-12(20-5)14(16-2)15-13(21-6)11-17-19(15)10-9-18(3)4/h11-12,14,16H,7-10H2,1-6H3. The number of hydrogen-bond acceptors (Lipinski definition) is 5. The molecular formula is C15H30N4O2. The molecule has 0 radical (unpaired) electrons. The van der Waals surface area contributed by atoms with Crippen LogP contribution < -0.4 is 10.1 Å². The van der Waals surface area contributed by atoms with Crippen LogP contribution in [0.2, 0.25) is 0 Å². The quantitative estimate of drug-likeness (QED) is 0.710. The first kappa shape index (κ1) is 17.9. The largest absolute Gasteiger partial charge is 0.493 e. The van der Waals surface area contributed by atoms with Gasteiger partial charge in [0.15, 0.2) is 5.75 Å². The molecular weight excluding hydrogens is 268 g/mol. The lowest BCUT2D eigenvalue weighted by atomic mass is 10.0. The first-order valence-electron chi connectivity index (χ1n) is 7.53. The predicted octanol–water partition coefficient (Wildman–Crippen LogP) is 1.53. The maximum absolute atomic E-state index is 5.68. The predicted molar refractivity (Wildman–Crippen MR) is 84.8 cm³/mol. The highest BCUT2D eigenvalue weighted by atomic mass is 16.5. The van der Waals surface area contributed by atoms with Gasteiger partial charge in [0.2, 0.25) is 0 Å². The summed E-state index contributed by atoms with van der Waals surface area (Å²) in [5, 5.41) is 7.84. The Bertz CT molecular complexity index is 406. The maximum Gasteiger partial charge on any atom is 0.161 e. The average Bonchev–Trinajstić information content (AvgIpc) is 2.88. The van der Waals surface area contributed by atoms with E-state index in [4.69, 9.17) is 9.47 Å². The molecule has 1 aromatic heterocycles. The van der Waals surface area contributed by atoms with E-state index in [9.17, 15) is 0 Å². The van der Waals surface area contributed by atoms with Crippen molar-refractivity contribution >= 4 is 0 Å². The van der Waals surface area contributed by atoms with Crippen LogP contribution in [0.3, 0.4) is 0 Å². The topological polar surface area (TPSA) is 51.5 Å². The molecule has 6 heteroatoms. The van der Waals surface area contributed by atoms with Gasteiger partial charge in [-0.05, 0) is 27.6 Å². The number of nitrogens with one attached hydrogen (secondary N) is 1. The van der Waals surface area contributed by atoms with Crippen molar-refractivity contribution in [2.45, 2.75) is 38.5 Å². The van der Waals surface area contributed by atoms with Crippen LogP contribution in [0.1, 0.15) is 31.5 Å². The summed E-state index contributed by atoms with van der Waals surface area (Å²) in [7, 11) is 9.52. The van der Waals surface area contributed by atoms with Gasteiger partial charge in [0.25, 0.3) is 0 Å². The van der Waals surface area contributed by atoms with Gasteiger partial charge in [0.1, 0.15) is 0 Å². The van der Waals surface area contributed by atoms with Crippen molar-refractivity contribution in [2.24, 2.45) is 0 Å². The summed E-state index contributed by atoms with van der Waals surface area (Å²) in [4.78, 5) is 2.15. The average molecular weight is 298 g/mol. The summed E-state index contributed by atoms with van der Waals surface area (Å²) in [6.07, 6.45) is 3.95. The Morgan fingerprint density at radius 1 is 1.38 bits per heavy atom. The minimum absolute atomic E-state index is 0.0644. The molecule has 6 nitrogen and oxygen atoms in total. The Morgan fingerprint density at radius 3 is 2.57 bits per heavy atom. The molecule has 21 heavy (non-hydrogen) atoms. The zero-order valence-electron chi connectivity index (χ0n) is 14.2. The Labute approximate surface area is 128 Å². The van der Waals surface area contributed by atoms with Crippen molar-refractivity contribution in [3.05, 3.63) is 11.9 Å². The van der Waals surface area contributed by atoms with Crippen LogP contribution >= 0.6 is 0 Å². The van der Waals surface area contributed by atoms with Crippen LogP contribution in [0.4, 0.5) is 0 Å². The second-order valence-electron chi connectivity index (χ2n) is 5.45. The van der Waals surface area contributed by atoms with E-state index in [0.29, 0.717) is 0 Å². The van der Waals surface area contributed by atoms with E-state index in [-0.39, 0.29) is 12.1 Å². The van der Waals surface area contributed by atoms with Gasteiger partial charge >= 0.3 is 0 Å². The van der Waals surface area contributed by atoms with Gasteiger partial charge in [-0.15, -0.1) is 0 Å². The molecule has 0 saturated carbocycles. The van der Waals surface area contributed by atoms with Gasteiger partial charge in [0, 0.05) is 13.7 Å². The number of rotatable bonds is 10. The smallest absolute Gasteiger partial charge is 0.161 e. The number of nitrogens with zero attached hydrogens (tertiary/aromatic N) is 3. The molecule has 1 aromatic rings. The first-order valence-corrected chi connectivity index (χ1v) is 7.53. The molecule has 0 spiro atoms.